The number of ether oxygens (including phenoxy) is 1. The van der Waals surface area contributed by atoms with Crippen molar-refractivity contribution >= 4 is 17.5 Å². The molecule has 2 aliphatic carbocycles. The zero-order valence-corrected chi connectivity index (χ0v) is 15.8. The van der Waals surface area contributed by atoms with Crippen molar-refractivity contribution in [2.24, 2.45) is 10.9 Å². The summed E-state index contributed by atoms with van der Waals surface area (Å²) in [6.45, 7) is 1.72. The van der Waals surface area contributed by atoms with E-state index in [1.165, 1.54) is 6.07 Å². The summed E-state index contributed by atoms with van der Waals surface area (Å²) >= 11 is 0. The molecular formula is C22H23F2NO3. The van der Waals surface area contributed by atoms with E-state index in [-0.39, 0.29) is 11.9 Å². The van der Waals surface area contributed by atoms with Crippen molar-refractivity contribution < 1.29 is 23.1 Å². The van der Waals surface area contributed by atoms with Crippen molar-refractivity contribution in [3.63, 3.8) is 0 Å². The predicted molar refractivity (Wildman–Crippen MR) is 99.9 cm³/mol. The van der Waals surface area contributed by atoms with Crippen molar-refractivity contribution in [3.05, 3.63) is 46.7 Å². The molecule has 2 saturated carbocycles. The highest BCUT2D eigenvalue weighted by Crippen LogP contribution is 2.43. The van der Waals surface area contributed by atoms with Crippen LogP contribution in [-0.4, -0.2) is 23.6 Å². The van der Waals surface area contributed by atoms with Gasteiger partial charge in [-0.3, -0.25) is 9.79 Å². The number of halogens is 2. The third-order valence-electron chi connectivity index (χ3n) is 6.01. The maximum absolute atomic E-state index is 14.0. The van der Waals surface area contributed by atoms with Crippen molar-refractivity contribution in [1.82, 2.24) is 0 Å². The number of ketones is 1. The summed E-state index contributed by atoms with van der Waals surface area (Å²) in [5.74, 6) is -3.78. The molecule has 0 amide bonds. The molecule has 28 heavy (non-hydrogen) atoms. The lowest BCUT2D eigenvalue weighted by molar-refractivity contribution is -0.144. The number of Topliss-reactive ketones (excluding diaryl/α,β-unsaturated/α-hetero) is 1. The number of hydrogen-bond donors (Lipinski definition) is 0. The second kappa shape index (κ2) is 7.57. The van der Waals surface area contributed by atoms with Gasteiger partial charge in [-0.2, -0.15) is 0 Å². The summed E-state index contributed by atoms with van der Waals surface area (Å²) in [5.41, 5.74) is 1.92. The molecule has 0 N–H and O–H groups in total. The molecule has 0 bridgehead atoms. The fourth-order valence-electron chi connectivity index (χ4n) is 4.67. The number of fused-ring (bicyclic) bond motifs is 1. The fraction of sp³-hybridized carbons (Fsp3) is 0.500. The highest BCUT2D eigenvalue weighted by atomic mass is 19.2. The Morgan fingerprint density at radius 1 is 1.07 bits per heavy atom. The molecule has 0 aromatic heterocycles. The van der Waals surface area contributed by atoms with Crippen LogP contribution in [0.15, 0.2) is 34.5 Å². The Morgan fingerprint density at radius 2 is 1.82 bits per heavy atom. The van der Waals surface area contributed by atoms with Gasteiger partial charge in [-0.25, -0.2) is 13.6 Å². The quantitative estimate of drug-likeness (QED) is 0.711. The molecule has 1 aromatic rings. The van der Waals surface area contributed by atoms with E-state index >= 15 is 0 Å². The predicted octanol–water partition coefficient (Wildman–Crippen LogP) is 4.63. The first-order valence-corrected chi connectivity index (χ1v) is 9.92. The summed E-state index contributed by atoms with van der Waals surface area (Å²) in [5, 5.41) is 0. The second-order valence-corrected chi connectivity index (χ2v) is 7.86. The van der Waals surface area contributed by atoms with Gasteiger partial charge in [0.05, 0.1) is 11.5 Å². The maximum atomic E-state index is 14.0. The molecule has 148 valence electrons. The molecule has 1 aromatic carbocycles. The lowest BCUT2D eigenvalue weighted by Gasteiger charge is -2.35. The number of nitrogens with zero attached hydrogens (tertiary/aromatic N) is 1. The molecule has 6 heteroatoms. The molecule has 0 saturated heterocycles. The van der Waals surface area contributed by atoms with E-state index in [9.17, 15) is 18.4 Å². The molecule has 1 heterocycles. The van der Waals surface area contributed by atoms with E-state index in [2.05, 4.69) is 4.99 Å². The fourth-order valence-corrected chi connectivity index (χ4v) is 4.67. The standard InChI is InChI=1S/C22H23F2NO3/c1-12-19(22(27)28-14-5-2-3-6-14)20(13-9-10-15(23)16(24)11-13)21-17(25-12)7-4-8-18(21)26/h9-11,14,20-21H,2-8H2,1H3. The van der Waals surface area contributed by atoms with Gasteiger partial charge in [-0.1, -0.05) is 6.07 Å². The SMILES string of the molecule is CC1=C(C(=O)OC2CCCC2)C(c2ccc(F)c(F)c2)C2C(=O)CCCC2=N1. The number of allylic oxidation sites excluding steroid dienone is 1. The maximum Gasteiger partial charge on any atom is 0.336 e. The minimum absolute atomic E-state index is 0.0154. The summed E-state index contributed by atoms with van der Waals surface area (Å²) in [6.07, 6.45) is 5.33. The van der Waals surface area contributed by atoms with E-state index in [1.807, 2.05) is 0 Å². The smallest absolute Gasteiger partial charge is 0.336 e. The average molecular weight is 387 g/mol. The van der Waals surface area contributed by atoms with Gasteiger partial charge < -0.3 is 4.74 Å². The van der Waals surface area contributed by atoms with Gasteiger partial charge in [0, 0.05) is 23.7 Å². The van der Waals surface area contributed by atoms with Gasteiger partial charge in [0.1, 0.15) is 11.9 Å². The van der Waals surface area contributed by atoms with Gasteiger partial charge in [0.25, 0.3) is 0 Å². The first-order valence-electron chi connectivity index (χ1n) is 9.92. The van der Waals surface area contributed by atoms with Gasteiger partial charge in [0.2, 0.25) is 0 Å². The summed E-state index contributed by atoms with van der Waals surface area (Å²) in [7, 11) is 0. The van der Waals surface area contributed by atoms with E-state index < -0.39 is 29.4 Å². The molecule has 0 spiro atoms. The van der Waals surface area contributed by atoms with Gasteiger partial charge in [-0.15, -0.1) is 0 Å². The lowest BCUT2D eigenvalue weighted by Crippen LogP contribution is -2.39. The van der Waals surface area contributed by atoms with Crippen LogP contribution in [0.4, 0.5) is 8.78 Å². The van der Waals surface area contributed by atoms with Crippen LogP contribution < -0.4 is 0 Å². The largest absolute Gasteiger partial charge is 0.459 e. The normalized spacial score (nSPS) is 25.5. The van der Waals surface area contributed by atoms with Crippen LogP contribution >= 0.6 is 0 Å². The van der Waals surface area contributed by atoms with Crippen LogP contribution in [0.25, 0.3) is 0 Å². The van der Waals surface area contributed by atoms with Gasteiger partial charge in [-0.05, 0) is 63.1 Å². The number of carbonyl (C=O) groups excluding carboxylic acids is 2. The monoisotopic (exact) mass is 387 g/mol. The van der Waals surface area contributed by atoms with Crippen molar-refractivity contribution in [2.45, 2.75) is 63.9 Å². The number of carbonyl (C=O) groups is 2. The van der Waals surface area contributed by atoms with Crippen LogP contribution in [0.2, 0.25) is 0 Å². The Hall–Kier alpha value is -2.37. The molecule has 4 nitrogen and oxygen atoms in total. The molecule has 4 rings (SSSR count). The third-order valence-corrected chi connectivity index (χ3v) is 6.01. The van der Waals surface area contributed by atoms with Gasteiger partial charge >= 0.3 is 5.97 Å². The minimum Gasteiger partial charge on any atom is -0.459 e. The molecular weight excluding hydrogens is 364 g/mol. The lowest BCUT2D eigenvalue weighted by atomic mass is 9.69. The van der Waals surface area contributed by atoms with Crippen LogP contribution in [0.5, 0.6) is 0 Å². The number of aliphatic imine (C=N–C) groups is 1. The van der Waals surface area contributed by atoms with Crippen molar-refractivity contribution in [2.75, 3.05) is 0 Å². The Balaban J connectivity index is 1.78. The van der Waals surface area contributed by atoms with Crippen molar-refractivity contribution in [3.8, 4) is 0 Å². The van der Waals surface area contributed by atoms with Crippen LogP contribution in [0.3, 0.4) is 0 Å². The van der Waals surface area contributed by atoms with Crippen LogP contribution in [-0.2, 0) is 14.3 Å². The highest BCUT2D eigenvalue weighted by molar-refractivity contribution is 6.11. The molecule has 2 atom stereocenters. The van der Waals surface area contributed by atoms with E-state index in [1.54, 1.807) is 6.92 Å². The first kappa shape index (κ1) is 19.0. The Labute approximate surface area is 162 Å². The zero-order chi connectivity index (χ0) is 19.8. The Kier molecular flexibility index (Phi) is 5.13. The van der Waals surface area contributed by atoms with Crippen LogP contribution in [0, 0.1) is 17.6 Å². The Morgan fingerprint density at radius 3 is 2.54 bits per heavy atom. The van der Waals surface area contributed by atoms with E-state index in [0.717, 1.165) is 43.5 Å². The number of esters is 1. The Bertz CT molecular complexity index is 884. The summed E-state index contributed by atoms with van der Waals surface area (Å²) in [4.78, 5) is 30.4. The first-order chi connectivity index (χ1) is 13.5. The average Bonchev–Trinajstić information content (AvgIpc) is 3.16. The topological polar surface area (TPSA) is 55.7 Å². The van der Waals surface area contributed by atoms with Crippen molar-refractivity contribution in [1.29, 1.82) is 0 Å². The number of rotatable bonds is 3. The number of benzene rings is 1. The summed E-state index contributed by atoms with van der Waals surface area (Å²) in [6, 6.07) is 3.57. The molecule has 3 aliphatic rings. The summed E-state index contributed by atoms with van der Waals surface area (Å²) < 4.78 is 33.2. The molecule has 2 unspecified atom stereocenters. The van der Waals surface area contributed by atoms with Gasteiger partial charge in [0.15, 0.2) is 11.6 Å². The highest BCUT2D eigenvalue weighted by Gasteiger charge is 2.44. The third kappa shape index (κ3) is 3.40. The molecule has 1 aliphatic heterocycles. The van der Waals surface area contributed by atoms with E-state index in [4.69, 9.17) is 4.74 Å². The second-order valence-electron chi connectivity index (χ2n) is 7.86. The minimum atomic E-state index is -0.994. The zero-order valence-electron chi connectivity index (χ0n) is 15.8. The van der Waals surface area contributed by atoms with Crippen LogP contribution in [0.1, 0.15) is 63.4 Å². The number of hydrogen-bond acceptors (Lipinski definition) is 4. The molecule has 2 fully saturated rings. The molecule has 0 radical (unpaired) electrons. The van der Waals surface area contributed by atoms with E-state index in [0.29, 0.717) is 36.1 Å².